The number of aliphatic carboxylic acids is 1. The first-order valence-corrected chi connectivity index (χ1v) is 7.00. The number of alkyl carbamates (subject to hydrolysis) is 1. The van der Waals surface area contributed by atoms with Crippen LogP contribution in [0.25, 0.3) is 0 Å². The number of anilines is 1. The second-order valence-corrected chi connectivity index (χ2v) is 5.99. The topological polar surface area (TPSA) is 105 Å². The van der Waals surface area contributed by atoms with Crippen LogP contribution in [-0.2, 0) is 14.3 Å². The first-order valence-electron chi connectivity index (χ1n) is 7.00. The van der Waals surface area contributed by atoms with Gasteiger partial charge in [-0.3, -0.25) is 4.79 Å². The van der Waals surface area contributed by atoms with Crippen LogP contribution >= 0.6 is 0 Å². The summed E-state index contributed by atoms with van der Waals surface area (Å²) in [5.74, 6) is -3.65. The van der Waals surface area contributed by atoms with Gasteiger partial charge in [0, 0.05) is 5.69 Å². The average Bonchev–Trinajstić information content (AvgIpc) is 2.41. The van der Waals surface area contributed by atoms with Crippen LogP contribution in [0.4, 0.5) is 23.7 Å². The Hall–Kier alpha value is -2.78. The van der Waals surface area contributed by atoms with Gasteiger partial charge in [-0.1, -0.05) is 12.1 Å². The summed E-state index contributed by atoms with van der Waals surface area (Å²) in [7, 11) is 0. The van der Waals surface area contributed by atoms with E-state index < -0.39 is 35.8 Å². The molecule has 0 aromatic heterocycles. The summed E-state index contributed by atoms with van der Waals surface area (Å²) in [5, 5.41) is 12.9. The Morgan fingerprint density at radius 2 is 1.76 bits per heavy atom. The fourth-order valence-electron chi connectivity index (χ4n) is 1.71. The molecule has 3 N–H and O–H groups in total. The van der Waals surface area contributed by atoms with Crippen molar-refractivity contribution in [2.45, 2.75) is 38.6 Å². The first-order chi connectivity index (χ1) is 11.3. The fraction of sp³-hybridized carbons (Fsp3) is 0.400. The van der Waals surface area contributed by atoms with Gasteiger partial charge in [-0.25, -0.2) is 9.59 Å². The number of benzene rings is 1. The quantitative estimate of drug-likeness (QED) is 0.764. The Bertz CT molecular complexity index is 668. The summed E-state index contributed by atoms with van der Waals surface area (Å²) in [6.07, 6.45) is -6.10. The van der Waals surface area contributed by atoms with Crippen LogP contribution in [0, 0.1) is 0 Å². The molecule has 1 aromatic carbocycles. The molecule has 7 nitrogen and oxygen atoms in total. The van der Waals surface area contributed by atoms with E-state index in [0.717, 1.165) is 12.1 Å². The Kier molecular flexibility index (Phi) is 6.01. The normalized spacial score (nSPS) is 12.9. The summed E-state index contributed by atoms with van der Waals surface area (Å²) < 4.78 is 41.8. The largest absolute Gasteiger partial charge is 0.479 e. The molecule has 1 rings (SSSR count). The minimum absolute atomic E-state index is 0.0432. The number of alkyl halides is 3. The first kappa shape index (κ1) is 20.3. The van der Waals surface area contributed by atoms with E-state index in [-0.39, 0.29) is 11.3 Å². The maximum atomic E-state index is 12.3. The summed E-state index contributed by atoms with van der Waals surface area (Å²) in [6.45, 7) is 4.74. The highest BCUT2D eigenvalue weighted by molar-refractivity contribution is 5.95. The van der Waals surface area contributed by atoms with Crippen LogP contribution in [0.5, 0.6) is 0 Å². The zero-order chi connectivity index (χ0) is 19.4. The number of amides is 2. The van der Waals surface area contributed by atoms with Crippen LogP contribution in [0.2, 0.25) is 0 Å². The molecular weight excluding hydrogens is 345 g/mol. The van der Waals surface area contributed by atoms with Crippen LogP contribution in [0.3, 0.4) is 0 Å². The van der Waals surface area contributed by atoms with E-state index in [1.54, 1.807) is 26.1 Å². The molecule has 1 aromatic rings. The van der Waals surface area contributed by atoms with Crippen LogP contribution in [-0.4, -0.2) is 34.9 Å². The molecule has 1 unspecified atom stereocenters. The molecule has 0 bridgehead atoms. The van der Waals surface area contributed by atoms with Gasteiger partial charge in [-0.2, -0.15) is 13.2 Å². The van der Waals surface area contributed by atoms with Crippen molar-refractivity contribution in [2.75, 3.05) is 5.32 Å². The predicted molar refractivity (Wildman–Crippen MR) is 80.9 cm³/mol. The zero-order valence-electron chi connectivity index (χ0n) is 13.6. The summed E-state index contributed by atoms with van der Waals surface area (Å²) in [4.78, 5) is 34.0. The highest BCUT2D eigenvalue weighted by atomic mass is 19.4. The lowest BCUT2D eigenvalue weighted by molar-refractivity contribution is -0.167. The number of halogens is 3. The van der Waals surface area contributed by atoms with E-state index in [2.05, 4.69) is 5.32 Å². The third-order valence-electron chi connectivity index (χ3n) is 2.64. The summed E-state index contributed by atoms with van der Waals surface area (Å²) >= 11 is 0. The number of carboxylic acids is 1. The van der Waals surface area contributed by atoms with Crippen molar-refractivity contribution in [2.24, 2.45) is 0 Å². The molecule has 2 amide bonds. The zero-order valence-corrected chi connectivity index (χ0v) is 13.6. The van der Waals surface area contributed by atoms with Crippen molar-refractivity contribution < 1.29 is 37.4 Å². The van der Waals surface area contributed by atoms with E-state index >= 15 is 0 Å². The lowest BCUT2D eigenvalue weighted by Gasteiger charge is -2.22. The number of hydrogen-bond acceptors (Lipinski definition) is 4. The molecule has 0 radical (unpaired) electrons. The molecule has 0 aliphatic heterocycles. The minimum atomic E-state index is -5.09. The highest BCUT2D eigenvalue weighted by Gasteiger charge is 2.38. The van der Waals surface area contributed by atoms with E-state index in [4.69, 9.17) is 4.74 Å². The second kappa shape index (κ2) is 7.41. The van der Waals surface area contributed by atoms with Crippen LogP contribution < -0.4 is 10.6 Å². The van der Waals surface area contributed by atoms with E-state index in [0.29, 0.717) is 0 Å². The highest BCUT2D eigenvalue weighted by Crippen LogP contribution is 2.22. The van der Waals surface area contributed by atoms with Crippen molar-refractivity contribution in [1.29, 1.82) is 0 Å². The SMILES string of the molecule is CC(C)(C)OC(=O)NC(C(=O)O)c1cccc(NC(=O)C(F)(F)F)c1. The lowest BCUT2D eigenvalue weighted by Crippen LogP contribution is -2.38. The standard InChI is InChI=1S/C15H17F3N2O5/c1-14(2,3)25-13(24)20-10(11(21)22)8-5-4-6-9(7-8)19-12(23)15(16,17)18/h4-7,10H,1-3H3,(H,19,23)(H,20,24)(H,21,22). The Balaban J connectivity index is 2.98. The number of carbonyl (C=O) groups is 3. The van der Waals surface area contributed by atoms with Crippen LogP contribution in [0.1, 0.15) is 32.4 Å². The molecule has 0 heterocycles. The van der Waals surface area contributed by atoms with Crippen molar-refractivity contribution >= 4 is 23.7 Å². The molecule has 138 valence electrons. The lowest BCUT2D eigenvalue weighted by atomic mass is 10.1. The van der Waals surface area contributed by atoms with Crippen LogP contribution in [0.15, 0.2) is 24.3 Å². The van der Waals surface area contributed by atoms with Gasteiger partial charge in [0.1, 0.15) is 5.60 Å². The number of carbonyl (C=O) groups excluding carboxylic acids is 2. The van der Waals surface area contributed by atoms with Gasteiger partial charge in [0.2, 0.25) is 0 Å². The summed E-state index contributed by atoms with van der Waals surface area (Å²) in [5.41, 5.74) is -1.18. The Morgan fingerprint density at radius 1 is 1.16 bits per heavy atom. The minimum Gasteiger partial charge on any atom is -0.479 e. The van der Waals surface area contributed by atoms with E-state index in [9.17, 15) is 32.7 Å². The second-order valence-electron chi connectivity index (χ2n) is 5.99. The summed E-state index contributed by atoms with van der Waals surface area (Å²) in [6, 6.07) is 3.12. The van der Waals surface area contributed by atoms with Crippen molar-refractivity contribution in [3.8, 4) is 0 Å². The third kappa shape index (κ3) is 6.69. The molecule has 1 atom stereocenters. The molecular formula is C15H17F3N2O5. The Labute approximate surface area is 141 Å². The van der Waals surface area contributed by atoms with Gasteiger partial charge in [0.15, 0.2) is 6.04 Å². The molecule has 25 heavy (non-hydrogen) atoms. The molecule has 0 saturated carbocycles. The molecule has 10 heteroatoms. The number of ether oxygens (including phenoxy) is 1. The molecule has 0 aliphatic carbocycles. The molecule has 0 saturated heterocycles. The van der Waals surface area contributed by atoms with Gasteiger partial charge in [0.05, 0.1) is 0 Å². The van der Waals surface area contributed by atoms with Gasteiger partial charge in [-0.15, -0.1) is 0 Å². The van der Waals surface area contributed by atoms with Crippen molar-refractivity contribution in [1.82, 2.24) is 5.32 Å². The van der Waals surface area contributed by atoms with Gasteiger partial charge in [-0.05, 0) is 38.5 Å². The monoisotopic (exact) mass is 362 g/mol. The van der Waals surface area contributed by atoms with E-state index in [1.807, 2.05) is 0 Å². The predicted octanol–water partition coefficient (Wildman–Crippen LogP) is 2.84. The number of hydrogen-bond donors (Lipinski definition) is 3. The van der Waals surface area contributed by atoms with Gasteiger partial charge in [0.25, 0.3) is 0 Å². The molecule has 0 fully saturated rings. The number of rotatable bonds is 4. The van der Waals surface area contributed by atoms with Crippen molar-refractivity contribution in [3.63, 3.8) is 0 Å². The average molecular weight is 362 g/mol. The maximum Gasteiger partial charge on any atom is 0.471 e. The third-order valence-corrected chi connectivity index (χ3v) is 2.64. The molecule has 0 aliphatic rings. The Morgan fingerprint density at radius 3 is 2.24 bits per heavy atom. The maximum absolute atomic E-state index is 12.3. The molecule has 0 spiro atoms. The fourth-order valence-corrected chi connectivity index (χ4v) is 1.71. The number of nitrogens with one attached hydrogen (secondary N) is 2. The van der Waals surface area contributed by atoms with Gasteiger partial charge < -0.3 is 20.5 Å². The number of carboxylic acid groups (broad SMARTS) is 1. The van der Waals surface area contributed by atoms with E-state index in [1.165, 1.54) is 12.1 Å². The van der Waals surface area contributed by atoms with Crippen molar-refractivity contribution in [3.05, 3.63) is 29.8 Å². The van der Waals surface area contributed by atoms with Gasteiger partial charge >= 0.3 is 24.1 Å². The smallest absolute Gasteiger partial charge is 0.471 e.